The molecule has 0 aliphatic rings. The summed E-state index contributed by atoms with van der Waals surface area (Å²) in [5, 5.41) is 2.53. The smallest absolute Gasteiger partial charge is 0.238 e. The lowest BCUT2D eigenvalue weighted by atomic mass is 10.2. The van der Waals surface area contributed by atoms with Crippen LogP contribution in [0.25, 0.3) is 0 Å². The highest BCUT2D eigenvalue weighted by atomic mass is 19.1. The van der Waals surface area contributed by atoms with Crippen LogP contribution in [0, 0.1) is 5.82 Å². The number of nitrogens with two attached hydrogens (primary N) is 1. The molecule has 1 aromatic carbocycles. The summed E-state index contributed by atoms with van der Waals surface area (Å²) >= 11 is 0. The quantitative estimate of drug-likeness (QED) is 0.563. The van der Waals surface area contributed by atoms with Crippen LogP contribution >= 0.6 is 0 Å². The van der Waals surface area contributed by atoms with Crippen LogP contribution in [0.3, 0.4) is 0 Å². The third-order valence-electron chi connectivity index (χ3n) is 2.83. The van der Waals surface area contributed by atoms with Crippen molar-refractivity contribution in [2.45, 2.75) is 13.8 Å². The number of ether oxygens (including phenoxy) is 1. The highest BCUT2D eigenvalue weighted by Crippen LogP contribution is 2.17. The van der Waals surface area contributed by atoms with Crippen LogP contribution < -0.4 is 11.1 Å². The van der Waals surface area contributed by atoms with E-state index in [0.29, 0.717) is 25.4 Å². The van der Waals surface area contributed by atoms with Crippen LogP contribution in [-0.2, 0) is 9.53 Å². The largest absolute Gasteiger partial charge is 0.399 e. The van der Waals surface area contributed by atoms with E-state index in [9.17, 15) is 9.18 Å². The van der Waals surface area contributed by atoms with E-state index < -0.39 is 5.82 Å². The minimum atomic E-state index is -0.495. The Balaban J connectivity index is 2.51. The summed E-state index contributed by atoms with van der Waals surface area (Å²) in [7, 11) is 0. The molecular weight excluding hydrogens is 261 g/mol. The monoisotopic (exact) mass is 283 g/mol. The van der Waals surface area contributed by atoms with E-state index in [1.54, 1.807) is 0 Å². The number of carbonyl (C=O) groups is 1. The van der Waals surface area contributed by atoms with Crippen LogP contribution in [0.2, 0.25) is 0 Å². The number of anilines is 2. The third-order valence-corrected chi connectivity index (χ3v) is 2.83. The van der Waals surface area contributed by atoms with E-state index in [2.05, 4.69) is 5.32 Å². The van der Waals surface area contributed by atoms with E-state index in [1.807, 2.05) is 18.7 Å². The molecule has 1 rings (SSSR count). The molecule has 5 nitrogen and oxygen atoms in total. The molecule has 0 aliphatic heterocycles. The highest BCUT2D eigenvalue weighted by Gasteiger charge is 2.11. The zero-order valence-corrected chi connectivity index (χ0v) is 12.0. The maximum Gasteiger partial charge on any atom is 0.238 e. The third kappa shape index (κ3) is 5.54. The van der Waals surface area contributed by atoms with Crippen molar-refractivity contribution < 1.29 is 13.9 Å². The second-order valence-electron chi connectivity index (χ2n) is 4.35. The number of hydrogen-bond donors (Lipinski definition) is 2. The minimum absolute atomic E-state index is 0.107. The van der Waals surface area contributed by atoms with Crippen LogP contribution in [-0.4, -0.2) is 43.7 Å². The summed E-state index contributed by atoms with van der Waals surface area (Å²) < 4.78 is 18.7. The zero-order chi connectivity index (χ0) is 15.0. The molecule has 0 aromatic heterocycles. The van der Waals surface area contributed by atoms with Gasteiger partial charge in [-0.3, -0.25) is 9.69 Å². The first-order chi connectivity index (χ1) is 9.56. The van der Waals surface area contributed by atoms with Gasteiger partial charge in [0.15, 0.2) is 0 Å². The van der Waals surface area contributed by atoms with Crippen LogP contribution in [0.15, 0.2) is 18.2 Å². The van der Waals surface area contributed by atoms with Crippen molar-refractivity contribution in [2.75, 3.05) is 43.9 Å². The van der Waals surface area contributed by atoms with Crippen molar-refractivity contribution in [3.63, 3.8) is 0 Å². The average molecular weight is 283 g/mol. The first-order valence-corrected chi connectivity index (χ1v) is 6.71. The number of benzene rings is 1. The molecule has 6 heteroatoms. The first-order valence-electron chi connectivity index (χ1n) is 6.71. The number of carbonyl (C=O) groups excluding carboxylic acids is 1. The zero-order valence-electron chi connectivity index (χ0n) is 12.0. The van der Waals surface area contributed by atoms with Gasteiger partial charge in [-0.05, 0) is 31.7 Å². The van der Waals surface area contributed by atoms with Gasteiger partial charge in [-0.25, -0.2) is 4.39 Å². The normalized spacial score (nSPS) is 10.8. The van der Waals surface area contributed by atoms with Crippen molar-refractivity contribution in [2.24, 2.45) is 0 Å². The number of nitrogen functional groups attached to an aromatic ring is 1. The molecule has 112 valence electrons. The molecule has 1 aromatic rings. The summed E-state index contributed by atoms with van der Waals surface area (Å²) in [6.07, 6.45) is 0. The second kappa shape index (κ2) is 8.50. The van der Waals surface area contributed by atoms with Crippen molar-refractivity contribution in [3.05, 3.63) is 24.0 Å². The lowest BCUT2D eigenvalue weighted by molar-refractivity contribution is -0.117. The SMILES string of the molecule is CCOCCN(CC)CC(=O)Nc1cc(N)ccc1F. The van der Waals surface area contributed by atoms with Gasteiger partial charge in [-0.15, -0.1) is 0 Å². The van der Waals surface area contributed by atoms with Crippen LogP contribution in [0.4, 0.5) is 15.8 Å². The Morgan fingerprint density at radius 2 is 2.20 bits per heavy atom. The summed E-state index contributed by atoms with van der Waals surface area (Å²) in [6.45, 7) is 6.68. The molecule has 3 N–H and O–H groups in total. The molecule has 20 heavy (non-hydrogen) atoms. The number of nitrogens with one attached hydrogen (secondary N) is 1. The van der Waals surface area contributed by atoms with Gasteiger partial charge in [-0.1, -0.05) is 6.92 Å². The standard InChI is InChI=1S/C14H22FN3O2/c1-3-18(7-8-20-4-2)10-14(19)17-13-9-11(16)5-6-12(13)15/h5-6,9H,3-4,7-8,10,16H2,1-2H3,(H,17,19). The van der Waals surface area contributed by atoms with E-state index in [-0.39, 0.29) is 18.1 Å². The topological polar surface area (TPSA) is 67.6 Å². The molecule has 1 amide bonds. The molecule has 0 aliphatic carbocycles. The predicted molar refractivity (Wildman–Crippen MR) is 78.0 cm³/mol. The fourth-order valence-corrected chi connectivity index (χ4v) is 1.72. The second-order valence-corrected chi connectivity index (χ2v) is 4.35. The Morgan fingerprint density at radius 3 is 2.85 bits per heavy atom. The Kier molecular flexibility index (Phi) is 6.97. The van der Waals surface area contributed by atoms with Gasteiger partial charge in [0.1, 0.15) is 5.82 Å². The van der Waals surface area contributed by atoms with Gasteiger partial charge in [0.25, 0.3) is 0 Å². The molecule has 0 heterocycles. The van der Waals surface area contributed by atoms with Gasteiger partial charge in [-0.2, -0.15) is 0 Å². The summed E-state index contributed by atoms with van der Waals surface area (Å²) in [5.74, 6) is -0.766. The number of likely N-dealkylation sites (N-methyl/N-ethyl adjacent to an activating group) is 1. The van der Waals surface area contributed by atoms with Crippen LogP contribution in [0.5, 0.6) is 0 Å². The molecule has 0 bridgehead atoms. The summed E-state index contributed by atoms with van der Waals surface area (Å²) in [5.41, 5.74) is 6.08. The number of nitrogens with zero attached hydrogens (tertiary/aromatic N) is 1. The Bertz CT molecular complexity index is 440. The molecule has 0 atom stereocenters. The van der Waals surface area contributed by atoms with Gasteiger partial charge in [0, 0.05) is 18.8 Å². The molecule has 0 radical (unpaired) electrons. The number of rotatable bonds is 8. The molecule has 0 spiro atoms. The molecule has 0 saturated carbocycles. The highest BCUT2D eigenvalue weighted by molar-refractivity contribution is 5.92. The fourth-order valence-electron chi connectivity index (χ4n) is 1.72. The average Bonchev–Trinajstić information content (AvgIpc) is 2.42. The van der Waals surface area contributed by atoms with E-state index in [0.717, 1.165) is 6.54 Å². The number of amides is 1. The van der Waals surface area contributed by atoms with Crippen molar-refractivity contribution in [3.8, 4) is 0 Å². The molecule has 0 unspecified atom stereocenters. The number of hydrogen-bond acceptors (Lipinski definition) is 4. The van der Waals surface area contributed by atoms with Gasteiger partial charge < -0.3 is 15.8 Å². The lowest BCUT2D eigenvalue weighted by Gasteiger charge is -2.19. The van der Waals surface area contributed by atoms with E-state index in [4.69, 9.17) is 10.5 Å². The maximum absolute atomic E-state index is 13.5. The van der Waals surface area contributed by atoms with Crippen LogP contribution in [0.1, 0.15) is 13.8 Å². The Morgan fingerprint density at radius 1 is 1.45 bits per heavy atom. The van der Waals surface area contributed by atoms with Crippen molar-refractivity contribution in [1.82, 2.24) is 4.90 Å². The Hall–Kier alpha value is -1.66. The summed E-state index contributed by atoms with van der Waals surface area (Å²) in [6, 6.07) is 4.09. The lowest BCUT2D eigenvalue weighted by Crippen LogP contribution is -2.35. The molecule has 0 fully saturated rings. The van der Waals surface area contributed by atoms with E-state index in [1.165, 1.54) is 18.2 Å². The predicted octanol–water partition coefficient (Wildman–Crippen LogP) is 1.70. The maximum atomic E-state index is 13.5. The first kappa shape index (κ1) is 16.4. The van der Waals surface area contributed by atoms with E-state index >= 15 is 0 Å². The number of halogens is 1. The van der Waals surface area contributed by atoms with Crippen molar-refractivity contribution in [1.29, 1.82) is 0 Å². The Labute approximate surface area is 118 Å². The van der Waals surface area contributed by atoms with Crippen molar-refractivity contribution >= 4 is 17.3 Å². The van der Waals surface area contributed by atoms with Gasteiger partial charge >= 0.3 is 0 Å². The van der Waals surface area contributed by atoms with Gasteiger partial charge in [0.2, 0.25) is 5.91 Å². The summed E-state index contributed by atoms with van der Waals surface area (Å²) in [4.78, 5) is 13.8. The van der Waals surface area contributed by atoms with Gasteiger partial charge in [0.05, 0.1) is 18.8 Å². The molecular formula is C14H22FN3O2. The minimum Gasteiger partial charge on any atom is -0.399 e. The molecule has 0 saturated heterocycles. The fraction of sp³-hybridized carbons (Fsp3) is 0.500.